The maximum Gasteiger partial charge on any atom is 0.365 e. The molecule has 15 heavy (non-hydrogen) atoms. The van der Waals surface area contributed by atoms with Crippen molar-refractivity contribution in [2.45, 2.75) is 40.0 Å². The van der Waals surface area contributed by atoms with E-state index in [1.54, 1.807) is 0 Å². The van der Waals surface area contributed by atoms with E-state index in [2.05, 4.69) is 32.7 Å². The molecular weight excluding hydrogens is 210 g/mol. The zero-order valence-corrected chi connectivity index (χ0v) is 10.4. The van der Waals surface area contributed by atoms with Crippen LogP contribution in [0.2, 0.25) is 0 Å². The fourth-order valence-corrected chi connectivity index (χ4v) is 2.37. The third-order valence-corrected chi connectivity index (χ3v) is 3.42. The summed E-state index contributed by atoms with van der Waals surface area (Å²) in [7, 11) is 0. The van der Waals surface area contributed by atoms with Crippen molar-refractivity contribution in [1.29, 1.82) is 0 Å². The standard InChI is InChI=1S/C11H17NO2S/c1-6(2)5-8-9(7(3)4)15-10(12-8)11(13)14/h6-7H,5H2,1-4H3,(H,13,14). The number of nitrogens with zero attached hydrogens (tertiary/aromatic N) is 1. The molecular formula is C11H17NO2S. The lowest BCUT2D eigenvalue weighted by Crippen LogP contribution is -2.00. The van der Waals surface area contributed by atoms with E-state index in [0.717, 1.165) is 17.0 Å². The lowest BCUT2D eigenvalue weighted by molar-refractivity contribution is 0.0696. The van der Waals surface area contributed by atoms with Crippen molar-refractivity contribution in [2.24, 2.45) is 5.92 Å². The molecule has 0 unspecified atom stereocenters. The van der Waals surface area contributed by atoms with Crippen LogP contribution >= 0.6 is 11.3 Å². The lowest BCUT2D eigenvalue weighted by Gasteiger charge is -2.06. The van der Waals surface area contributed by atoms with Crippen LogP contribution in [0.15, 0.2) is 0 Å². The topological polar surface area (TPSA) is 50.2 Å². The van der Waals surface area contributed by atoms with E-state index >= 15 is 0 Å². The van der Waals surface area contributed by atoms with E-state index in [0.29, 0.717) is 11.8 Å². The van der Waals surface area contributed by atoms with Crippen LogP contribution in [0.25, 0.3) is 0 Å². The predicted octanol–water partition coefficient (Wildman–Crippen LogP) is 3.16. The molecule has 1 aromatic heterocycles. The minimum absolute atomic E-state index is 0.217. The van der Waals surface area contributed by atoms with Crippen molar-refractivity contribution in [3.63, 3.8) is 0 Å². The Hall–Kier alpha value is -0.900. The smallest absolute Gasteiger partial charge is 0.365 e. The highest BCUT2D eigenvalue weighted by Crippen LogP contribution is 2.28. The number of hydrogen-bond acceptors (Lipinski definition) is 3. The zero-order chi connectivity index (χ0) is 11.6. The summed E-state index contributed by atoms with van der Waals surface area (Å²) in [6, 6.07) is 0. The first-order chi connectivity index (χ1) is 6.91. The first kappa shape index (κ1) is 12.2. The molecule has 0 saturated heterocycles. The zero-order valence-electron chi connectivity index (χ0n) is 9.57. The number of rotatable bonds is 4. The molecule has 0 aliphatic carbocycles. The molecule has 0 aromatic carbocycles. The number of thiazole rings is 1. The summed E-state index contributed by atoms with van der Waals surface area (Å²) in [6.07, 6.45) is 0.858. The maximum atomic E-state index is 10.8. The number of carbonyl (C=O) groups is 1. The van der Waals surface area contributed by atoms with E-state index < -0.39 is 5.97 Å². The Labute approximate surface area is 94.2 Å². The van der Waals surface area contributed by atoms with Gasteiger partial charge in [0.25, 0.3) is 0 Å². The highest BCUT2D eigenvalue weighted by atomic mass is 32.1. The van der Waals surface area contributed by atoms with E-state index in [-0.39, 0.29) is 5.01 Å². The van der Waals surface area contributed by atoms with Crippen LogP contribution in [0.3, 0.4) is 0 Å². The van der Waals surface area contributed by atoms with Gasteiger partial charge in [-0.1, -0.05) is 27.7 Å². The Morgan fingerprint density at radius 2 is 2.00 bits per heavy atom. The summed E-state index contributed by atoms with van der Waals surface area (Å²) in [6.45, 7) is 8.37. The van der Waals surface area contributed by atoms with Crippen LogP contribution in [0.4, 0.5) is 0 Å². The molecule has 4 heteroatoms. The maximum absolute atomic E-state index is 10.8. The minimum Gasteiger partial charge on any atom is -0.476 e. The van der Waals surface area contributed by atoms with Gasteiger partial charge in [-0.15, -0.1) is 11.3 Å². The van der Waals surface area contributed by atoms with Gasteiger partial charge < -0.3 is 5.11 Å². The van der Waals surface area contributed by atoms with Crippen LogP contribution in [0, 0.1) is 5.92 Å². The summed E-state index contributed by atoms with van der Waals surface area (Å²) in [5.74, 6) is -0.0625. The van der Waals surface area contributed by atoms with E-state index in [9.17, 15) is 4.79 Å². The summed E-state index contributed by atoms with van der Waals surface area (Å²) in [5.41, 5.74) is 0.961. The van der Waals surface area contributed by atoms with Crippen LogP contribution in [-0.2, 0) is 6.42 Å². The lowest BCUT2D eigenvalue weighted by atomic mass is 10.0. The average Bonchev–Trinajstić information content (AvgIpc) is 2.46. The van der Waals surface area contributed by atoms with Gasteiger partial charge in [0.2, 0.25) is 5.01 Å². The SMILES string of the molecule is CC(C)Cc1nc(C(=O)O)sc1C(C)C. The number of hydrogen-bond donors (Lipinski definition) is 1. The number of carboxylic acids is 1. The Bertz CT molecular complexity index is 355. The second kappa shape index (κ2) is 4.75. The summed E-state index contributed by atoms with van der Waals surface area (Å²) in [5, 5.41) is 9.10. The molecule has 0 fully saturated rings. The second-order valence-electron chi connectivity index (χ2n) is 4.39. The monoisotopic (exact) mass is 227 g/mol. The third kappa shape index (κ3) is 3.02. The van der Waals surface area contributed by atoms with E-state index in [4.69, 9.17) is 5.11 Å². The van der Waals surface area contributed by atoms with Gasteiger partial charge in [-0.3, -0.25) is 0 Å². The fourth-order valence-electron chi connectivity index (χ4n) is 1.44. The molecule has 0 amide bonds. The average molecular weight is 227 g/mol. The largest absolute Gasteiger partial charge is 0.476 e. The van der Waals surface area contributed by atoms with Crippen LogP contribution < -0.4 is 0 Å². The highest BCUT2D eigenvalue weighted by Gasteiger charge is 2.18. The van der Waals surface area contributed by atoms with Crippen molar-refractivity contribution in [3.05, 3.63) is 15.6 Å². The van der Waals surface area contributed by atoms with Crippen molar-refractivity contribution < 1.29 is 9.90 Å². The van der Waals surface area contributed by atoms with Crippen LogP contribution in [0.1, 0.15) is 54.0 Å². The van der Waals surface area contributed by atoms with Gasteiger partial charge in [0.05, 0.1) is 5.69 Å². The molecule has 0 aliphatic rings. The quantitative estimate of drug-likeness (QED) is 0.859. The molecule has 0 atom stereocenters. The predicted molar refractivity (Wildman–Crippen MR) is 61.7 cm³/mol. The summed E-state index contributed by atoms with van der Waals surface area (Å²) in [4.78, 5) is 16.1. The number of aromatic nitrogens is 1. The first-order valence-corrected chi connectivity index (χ1v) is 5.96. The molecule has 1 aromatic rings. The second-order valence-corrected chi connectivity index (χ2v) is 5.42. The van der Waals surface area contributed by atoms with Gasteiger partial charge in [0, 0.05) is 4.88 Å². The molecule has 0 bridgehead atoms. The van der Waals surface area contributed by atoms with Gasteiger partial charge in [-0.05, 0) is 18.3 Å². The van der Waals surface area contributed by atoms with Crippen molar-refractivity contribution in [1.82, 2.24) is 4.98 Å². The molecule has 0 aliphatic heterocycles. The Morgan fingerprint density at radius 3 is 2.40 bits per heavy atom. The summed E-state index contributed by atoms with van der Waals surface area (Å²) >= 11 is 1.31. The Kier molecular flexibility index (Phi) is 3.85. The van der Waals surface area contributed by atoms with Gasteiger partial charge in [-0.25, -0.2) is 9.78 Å². The molecule has 1 rings (SSSR count). The molecule has 0 spiro atoms. The molecule has 0 radical (unpaired) electrons. The van der Waals surface area contributed by atoms with Crippen molar-refractivity contribution in [2.75, 3.05) is 0 Å². The Balaban J connectivity index is 3.06. The fraction of sp³-hybridized carbons (Fsp3) is 0.636. The molecule has 0 saturated carbocycles. The molecule has 1 N–H and O–H groups in total. The van der Waals surface area contributed by atoms with Gasteiger partial charge in [0.15, 0.2) is 0 Å². The van der Waals surface area contributed by atoms with Gasteiger partial charge in [-0.2, -0.15) is 0 Å². The van der Waals surface area contributed by atoms with Crippen LogP contribution in [0.5, 0.6) is 0 Å². The first-order valence-electron chi connectivity index (χ1n) is 5.14. The Morgan fingerprint density at radius 1 is 1.40 bits per heavy atom. The number of carboxylic acid groups (broad SMARTS) is 1. The van der Waals surface area contributed by atoms with Crippen LogP contribution in [-0.4, -0.2) is 16.1 Å². The van der Waals surface area contributed by atoms with E-state index in [1.165, 1.54) is 11.3 Å². The highest BCUT2D eigenvalue weighted by molar-refractivity contribution is 7.13. The van der Waals surface area contributed by atoms with Gasteiger partial charge >= 0.3 is 5.97 Å². The number of aromatic carboxylic acids is 1. The van der Waals surface area contributed by atoms with E-state index in [1.807, 2.05) is 0 Å². The van der Waals surface area contributed by atoms with Crippen molar-refractivity contribution >= 4 is 17.3 Å². The minimum atomic E-state index is -0.920. The van der Waals surface area contributed by atoms with Gasteiger partial charge in [0.1, 0.15) is 0 Å². The molecule has 84 valence electrons. The van der Waals surface area contributed by atoms with Crippen molar-refractivity contribution in [3.8, 4) is 0 Å². The molecule has 1 heterocycles. The molecule has 3 nitrogen and oxygen atoms in total. The summed E-state index contributed by atoms with van der Waals surface area (Å²) < 4.78 is 0. The third-order valence-electron chi connectivity index (χ3n) is 2.04. The normalized spacial score (nSPS) is 11.3.